The van der Waals surface area contributed by atoms with E-state index < -0.39 is 46.5 Å². The van der Waals surface area contributed by atoms with Crippen LogP contribution in [0.4, 0.5) is 32.0 Å². The maximum absolute atomic E-state index is 13.5. The fourth-order valence-corrected chi connectivity index (χ4v) is 2.94. The molecule has 2 aromatic rings. The molecule has 1 aliphatic rings. The number of rotatable bonds is 2. The lowest BCUT2D eigenvalue weighted by Crippen LogP contribution is -2.39. The predicted molar refractivity (Wildman–Crippen MR) is 91.6 cm³/mol. The summed E-state index contributed by atoms with van der Waals surface area (Å²) in [5.74, 6) is -0.244. The van der Waals surface area contributed by atoms with Crippen LogP contribution in [0.15, 0.2) is 23.0 Å². The number of hydrogen-bond donors (Lipinski definition) is 0. The van der Waals surface area contributed by atoms with E-state index in [1.807, 2.05) is 0 Å². The molecule has 158 valence electrons. The molecule has 0 aliphatic carbocycles. The van der Waals surface area contributed by atoms with Gasteiger partial charge in [-0.25, -0.2) is 4.98 Å². The zero-order valence-corrected chi connectivity index (χ0v) is 15.1. The molecule has 30 heavy (non-hydrogen) atoms. The molecular formula is C18H11F6N3O3. The Bertz CT molecular complexity index is 1130. The molecule has 1 aliphatic heterocycles. The van der Waals surface area contributed by atoms with Gasteiger partial charge in [-0.2, -0.15) is 26.3 Å². The van der Waals surface area contributed by atoms with E-state index in [1.54, 1.807) is 0 Å². The second kappa shape index (κ2) is 7.08. The first-order valence-corrected chi connectivity index (χ1v) is 8.12. The van der Waals surface area contributed by atoms with Gasteiger partial charge in [-0.1, -0.05) is 12.0 Å². The highest BCUT2D eigenvalue weighted by Crippen LogP contribution is 2.40. The third kappa shape index (κ3) is 3.58. The SMILES string of the molecule is C#CCN1C(=O)COc2ccc(-c3c(C(F)(F)F)nc(C(F)(F)F)n(C)c3=O)cc21. The molecule has 1 aromatic heterocycles. The first-order chi connectivity index (χ1) is 13.9. The number of carbonyl (C=O) groups is 1. The van der Waals surface area contributed by atoms with Crippen molar-refractivity contribution >= 4 is 11.6 Å². The summed E-state index contributed by atoms with van der Waals surface area (Å²) in [4.78, 5) is 28.3. The summed E-state index contributed by atoms with van der Waals surface area (Å²) in [6.07, 6.45) is -5.44. The summed E-state index contributed by atoms with van der Waals surface area (Å²) in [5, 5.41) is 0. The summed E-state index contributed by atoms with van der Waals surface area (Å²) < 4.78 is 84.9. The number of alkyl halides is 6. The molecule has 0 unspecified atom stereocenters. The molecule has 0 saturated heterocycles. The monoisotopic (exact) mass is 431 g/mol. The maximum Gasteiger partial charge on any atom is 0.449 e. The van der Waals surface area contributed by atoms with Crippen molar-refractivity contribution in [2.24, 2.45) is 7.05 Å². The molecule has 0 fully saturated rings. The largest absolute Gasteiger partial charge is 0.482 e. The highest BCUT2D eigenvalue weighted by molar-refractivity contribution is 5.99. The van der Waals surface area contributed by atoms with Gasteiger partial charge in [0.1, 0.15) is 5.75 Å². The Labute approximate surface area is 164 Å². The average Bonchev–Trinajstić information content (AvgIpc) is 2.64. The van der Waals surface area contributed by atoms with Crippen LogP contribution in [0.2, 0.25) is 0 Å². The quantitative estimate of drug-likeness (QED) is 0.542. The molecular weight excluding hydrogens is 420 g/mol. The van der Waals surface area contributed by atoms with Crippen LogP contribution in [-0.2, 0) is 24.2 Å². The highest BCUT2D eigenvalue weighted by atomic mass is 19.4. The van der Waals surface area contributed by atoms with Crippen LogP contribution in [0.5, 0.6) is 5.75 Å². The number of nitrogens with zero attached hydrogens (tertiary/aromatic N) is 3. The summed E-state index contributed by atoms with van der Waals surface area (Å²) in [7, 11) is 0.664. The van der Waals surface area contributed by atoms with Crippen LogP contribution in [0.1, 0.15) is 11.5 Å². The second-order valence-corrected chi connectivity index (χ2v) is 6.17. The number of benzene rings is 1. The van der Waals surface area contributed by atoms with E-state index >= 15 is 0 Å². The summed E-state index contributed by atoms with van der Waals surface area (Å²) in [5.41, 5.74) is -5.07. The Morgan fingerprint density at radius 1 is 1.17 bits per heavy atom. The average molecular weight is 431 g/mol. The first kappa shape index (κ1) is 21.2. The van der Waals surface area contributed by atoms with Gasteiger partial charge >= 0.3 is 12.4 Å². The summed E-state index contributed by atoms with van der Waals surface area (Å²) in [6, 6.07) is 3.27. The molecule has 12 heteroatoms. The van der Waals surface area contributed by atoms with Gasteiger partial charge in [-0.3, -0.25) is 19.1 Å². The topological polar surface area (TPSA) is 64.4 Å². The molecule has 3 rings (SSSR count). The lowest BCUT2D eigenvalue weighted by Gasteiger charge is -2.28. The Balaban J connectivity index is 2.32. The van der Waals surface area contributed by atoms with Gasteiger partial charge in [0.2, 0.25) is 5.82 Å². The molecule has 0 saturated carbocycles. The van der Waals surface area contributed by atoms with Crippen molar-refractivity contribution in [3.05, 3.63) is 40.1 Å². The number of ether oxygens (including phenoxy) is 1. The molecule has 0 radical (unpaired) electrons. The van der Waals surface area contributed by atoms with Crippen molar-refractivity contribution in [3.8, 4) is 29.2 Å². The Morgan fingerprint density at radius 2 is 1.83 bits per heavy atom. The van der Waals surface area contributed by atoms with Crippen molar-refractivity contribution in [1.29, 1.82) is 0 Å². The number of aromatic nitrogens is 2. The zero-order valence-electron chi connectivity index (χ0n) is 15.1. The minimum atomic E-state index is -5.36. The number of fused-ring (bicyclic) bond motifs is 1. The van der Waals surface area contributed by atoms with Gasteiger partial charge in [-0.05, 0) is 17.7 Å². The van der Waals surface area contributed by atoms with Crippen molar-refractivity contribution < 1.29 is 35.9 Å². The van der Waals surface area contributed by atoms with E-state index in [-0.39, 0.29) is 29.2 Å². The molecule has 0 spiro atoms. The third-order valence-corrected chi connectivity index (χ3v) is 4.25. The molecule has 0 atom stereocenters. The van der Waals surface area contributed by atoms with Gasteiger partial charge < -0.3 is 4.74 Å². The lowest BCUT2D eigenvalue weighted by atomic mass is 10.0. The first-order valence-electron chi connectivity index (χ1n) is 8.12. The van der Waals surface area contributed by atoms with E-state index in [9.17, 15) is 35.9 Å². The fraction of sp³-hybridized carbons (Fsp3) is 0.278. The Morgan fingerprint density at radius 3 is 2.40 bits per heavy atom. The van der Waals surface area contributed by atoms with E-state index in [2.05, 4.69) is 10.9 Å². The van der Waals surface area contributed by atoms with Crippen molar-refractivity contribution in [2.75, 3.05) is 18.1 Å². The number of carbonyl (C=O) groups excluding carboxylic acids is 1. The summed E-state index contributed by atoms with van der Waals surface area (Å²) in [6.45, 7) is -0.584. The number of terminal acetylenes is 1. The molecule has 6 nitrogen and oxygen atoms in total. The van der Waals surface area contributed by atoms with Crippen LogP contribution in [0.25, 0.3) is 11.1 Å². The number of anilines is 1. The van der Waals surface area contributed by atoms with Crippen LogP contribution in [-0.4, -0.2) is 28.6 Å². The molecule has 0 bridgehead atoms. The lowest BCUT2D eigenvalue weighted by molar-refractivity contribution is -0.154. The Kier molecular flexibility index (Phi) is 5.01. The number of halogens is 6. The fourth-order valence-electron chi connectivity index (χ4n) is 2.94. The predicted octanol–water partition coefficient (Wildman–Crippen LogP) is 2.84. The molecule has 0 N–H and O–H groups in total. The number of amides is 1. The Hall–Kier alpha value is -3.49. The van der Waals surface area contributed by atoms with E-state index in [0.29, 0.717) is 7.05 Å². The minimum Gasteiger partial charge on any atom is -0.482 e. The summed E-state index contributed by atoms with van der Waals surface area (Å²) >= 11 is 0. The zero-order chi connectivity index (χ0) is 22.4. The van der Waals surface area contributed by atoms with E-state index in [4.69, 9.17) is 11.2 Å². The van der Waals surface area contributed by atoms with Crippen LogP contribution < -0.4 is 15.2 Å². The normalized spacial score (nSPS) is 14.2. The number of hydrogen-bond acceptors (Lipinski definition) is 4. The van der Waals surface area contributed by atoms with Gasteiger partial charge in [0, 0.05) is 7.05 Å². The minimum absolute atomic E-state index is 0.00905. The molecule has 1 aromatic carbocycles. The van der Waals surface area contributed by atoms with Gasteiger partial charge in [0.25, 0.3) is 11.5 Å². The van der Waals surface area contributed by atoms with Crippen molar-refractivity contribution in [2.45, 2.75) is 12.4 Å². The van der Waals surface area contributed by atoms with Gasteiger partial charge in [0.15, 0.2) is 12.3 Å². The van der Waals surface area contributed by atoms with E-state index in [0.717, 1.165) is 17.0 Å². The van der Waals surface area contributed by atoms with Crippen molar-refractivity contribution in [3.63, 3.8) is 0 Å². The van der Waals surface area contributed by atoms with Crippen molar-refractivity contribution in [1.82, 2.24) is 9.55 Å². The molecule has 2 heterocycles. The second-order valence-electron chi connectivity index (χ2n) is 6.17. The molecule has 1 amide bonds. The maximum atomic E-state index is 13.5. The van der Waals surface area contributed by atoms with Gasteiger partial charge in [0.05, 0.1) is 17.8 Å². The third-order valence-electron chi connectivity index (χ3n) is 4.25. The van der Waals surface area contributed by atoms with Crippen LogP contribution in [0.3, 0.4) is 0 Å². The van der Waals surface area contributed by atoms with Crippen LogP contribution >= 0.6 is 0 Å². The van der Waals surface area contributed by atoms with Gasteiger partial charge in [-0.15, -0.1) is 6.42 Å². The highest BCUT2D eigenvalue weighted by Gasteiger charge is 2.44. The standard InChI is InChI=1S/C18H11F6N3O3/c1-3-6-27-10-7-9(4-5-11(10)30-8-12(27)28)13-14(17(19,20)21)25-16(18(22,23)24)26(2)15(13)29/h1,4-5,7H,6,8H2,2H3. The van der Waals surface area contributed by atoms with Crippen LogP contribution in [0, 0.1) is 12.3 Å². The van der Waals surface area contributed by atoms with E-state index in [1.165, 1.54) is 6.07 Å². The smallest absolute Gasteiger partial charge is 0.449 e.